The number of hydrogen-bond acceptors (Lipinski definition) is 3. The zero-order chi connectivity index (χ0) is 34.0. The second-order valence-electron chi connectivity index (χ2n) is 13.2. The van der Waals surface area contributed by atoms with Crippen LogP contribution in [0.3, 0.4) is 0 Å². The monoisotopic (exact) mass is 635 g/mol. The summed E-state index contributed by atoms with van der Waals surface area (Å²) in [5, 5.41) is 14.1. The quantitative estimate of drug-likeness (QED) is 0.0797. The third kappa shape index (κ3) is 6.23. The summed E-state index contributed by atoms with van der Waals surface area (Å²) in [6.45, 7) is 8.50. The highest BCUT2D eigenvalue weighted by atomic mass is 15.0. The Morgan fingerprint density at radius 2 is 1.43 bits per heavy atom. The number of nitrogens with two attached hydrogens (primary N) is 1. The van der Waals surface area contributed by atoms with Gasteiger partial charge in [0, 0.05) is 11.6 Å². The second-order valence-corrected chi connectivity index (χ2v) is 13.2. The summed E-state index contributed by atoms with van der Waals surface area (Å²) in [5.41, 5.74) is 19.4. The maximum atomic E-state index is 7.91. The maximum Gasteiger partial charge on any atom is 0.0817 e. The van der Waals surface area contributed by atoms with Crippen LogP contribution < -0.4 is 11.1 Å². The predicted octanol–water partition coefficient (Wildman–Crippen LogP) is 11.0. The third-order valence-corrected chi connectivity index (χ3v) is 9.82. The predicted molar refractivity (Wildman–Crippen MR) is 209 cm³/mol. The molecular formula is C46H41N3. The molecule has 3 nitrogen and oxygen atoms in total. The average molecular weight is 636 g/mol. The number of benzene rings is 6. The molecule has 0 saturated heterocycles. The smallest absolute Gasteiger partial charge is 0.0817 e. The van der Waals surface area contributed by atoms with Crippen LogP contribution in [0.25, 0.3) is 44.7 Å². The van der Waals surface area contributed by atoms with E-state index in [1.54, 1.807) is 6.08 Å². The summed E-state index contributed by atoms with van der Waals surface area (Å²) < 4.78 is 0. The molecule has 2 unspecified atom stereocenters. The molecule has 0 heterocycles. The molecule has 7 rings (SSSR count). The van der Waals surface area contributed by atoms with Gasteiger partial charge in [-0.15, -0.1) is 0 Å². The van der Waals surface area contributed by atoms with Crippen molar-refractivity contribution in [3.8, 4) is 22.3 Å². The topological polar surface area (TPSA) is 61.9 Å². The van der Waals surface area contributed by atoms with Gasteiger partial charge in [0.25, 0.3) is 0 Å². The number of fused-ring (bicyclic) bond motifs is 4. The Morgan fingerprint density at radius 3 is 2.16 bits per heavy atom. The fraction of sp³-hybridized carbons (Fsp3) is 0.109. The van der Waals surface area contributed by atoms with E-state index in [9.17, 15) is 0 Å². The zero-order valence-corrected chi connectivity index (χ0v) is 28.0. The third-order valence-electron chi connectivity index (χ3n) is 9.82. The van der Waals surface area contributed by atoms with Crippen LogP contribution in [0.4, 0.5) is 0 Å². The highest BCUT2D eigenvalue weighted by Crippen LogP contribution is 2.53. The van der Waals surface area contributed by atoms with E-state index >= 15 is 0 Å². The van der Waals surface area contributed by atoms with Crippen LogP contribution in [-0.4, -0.2) is 6.21 Å². The molecule has 0 saturated carbocycles. The van der Waals surface area contributed by atoms with Crippen LogP contribution in [0.15, 0.2) is 158 Å². The molecule has 0 bridgehead atoms. The summed E-state index contributed by atoms with van der Waals surface area (Å²) in [6, 6.07) is 47.2. The Labute approximate surface area is 289 Å². The molecule has 6 aromatic carbocycles. The SMILES string of the molecule is C=C/C=C(\C=N)c1cccc(C(/C=C/c2ccc(-c3cccc4c3-c3cc5ccccc5cc3C4(C)C)cc2)NC(N)c2ccccc2)c1. The first kappa shape index (κ1) is 32.0. The Bertz CT molecular complexity index is 2220. The van der Waals surface area contributed by atoms with Gasteiger partial charge in [0.1, 0.15) is 0 Å². The molecule has 4 N–H and O–H groups in total. The van der Waals surface area contributed by atoms with Crippen LogP contribution in [-0.2, 0) is 5.41 Å². The van der Waals surface area contributed by atoms with Gasteiger partial charge in [-0.25, -0.2) is 0 Å². The molecule has 3 heteroatoms. The van der Waals surface area contributed by atoms with E-state index < -0.39 is 0 Å². The minimum absolute atomic E-state index is 0.0752. The molecule has 0 aliphatic heterocycles. The van der Waals surface area contributed by atoms with Gasteiger partial charge < -0.3 is 11.1 Å². The Morgan fingerprint density at radius 1 is 0.735 bits per heavy atom. The van der Waals surface area contributed by atoms with Crippen molar-refractivity contribution in [1.29, 1.82) is 5.41 Å². The van der Waals surface area contributed by atoms with Crippen molar-refractivity contribution >= 4 is 28.6 Å². The number of rotatable bonds is 10. The average Bonchev–Trinajstić information content (AvgIpc) is 3.37. The van der Waals surface area contributed by atoms with Crippen molar-refractivity contribution < 1.29 is 0 Å². The van der Waals surface area contributed by atoms with Crippen LogP contribution in [0, 0.1) is 5.41 Å². The highest BCUT2D eigenvalue weighted by molar-refractivity contribution is 6.08. The van der Waals surface area contributed by atoms with E-state index in [-0.39, 0.29) is 17.6 Å². The molecule has 1 aliphatic carbocycles. The summed E-state index contributed by atoms with van der Waals surface area (Å²) in [5.74, 6) is 0. The first-order chi connectivity index (χ1) is 23.9. The summed E-state index contributed by atoms with van der Waals surface area (Å²) >= 11 is 0. The Hall–Kier alpha value is -5.61. The molecule has 49 heavy (non-hydrogen) atoms. The first-order valence-electron chi connectivity index (χ1n) is 16.8. The second kappa shape index (κ2) is 13.5. The van der Waals surface area contributed by atoms with Crippen molar-refractivity contribution in [1.82, 2.24) is 5.32 Å². The molecule has 0 fully saturated rings. The number of allylic oxidation sites excluding steroid dienone is 3. The van der Waals surface area contributed by atoms with Gasteiger partial charge in [0.15, 0.2) is 0 Å². The largest absolute Gasteiger partial charge is 0.312 e. The van der Waals surface area contributed by atoms with E-state index in [1.807, 2.05) is 48.5 Å². The minimum Gasteiger partial charge on any atom is -0.312 e. The van der Waals surface area contributed by atoms with Crippen molar-refractivity contribution in [3.63, 3.8) is 0 Å². The number of hydrogen-bond donors (Lipinski definition) is 3. The minimum atomic E-state index is -0.364. The van der Waals surface area contributed by atoms with Gasteiger partial charge in [0.2, 0.25) is 0 Å². The number of nitrogens with one attached hydrogen (secondary N) is 2. The molecule has 0 aromatic heterocycles. The van der Waals surface area contributed by atoms with Gasteiger partial charge >= 0.3 is 0 Å². The van der Waals surface area contributed by atoms with Crippen LogP contribution in [0.1, 0.15) is 59.4 Å². The van der Waals surface area contributed by atoms with Crippen molar-refractivity contribution in [2.24, 2.45) is 5.73 Å². The van der Waals surface area contributed by atoms with Gasteiger partial charge in [-0.2, -0.15) is 0 Å². The van der Waals surface area contributed by atoms with E-state index in [0.717, 1.165) is 27.8 Å². The Kier molecular flexibility index (Phi) is 8.79. The molecule has 2 atom stereocenters. The van der Waals surface area contributed by atoms with Crippen LogP contribution >= 0.6 is 0 Å². The Balaban J connectivity index is 1.22. The highest BCUT2D eigenvalue weighted by Gasteiger charge is 2.37. The van der Waals surface area contributed by atoms with Gasteiger partial charge in [-0.3, -0.25) is 5.32 Å². The van der Waals surface area contributed by atoms with Crippen molar-refractivity contribution in [3.05, 3.63) is 192 Å². The summed E-state index contributed by atoms with van der Waals surface area (Å²) in [4.78, 5) is 0. The molecule has 240 valence electrons. The standard InChI is InChI=1S/C46H41N3/c1-4-12-38(30-47)34-17-10-18-37(27-34)43(49-45(48)33-13-6-5-7-14-33)26-23-31-21-24-32(25-22-31)39-19-11-20-41-44(39)40-28-35-15-8-9-16-36(35)29-42(40)46(41,2)3/h4-30,43,45,47,49H,1,48H2,2-3H3/b26-23+,38-12+,47-30?. The lowest BCUT2D eigenvalue weighted by atomic mass is 9.81. The fourth-order valence-corrected chi connectivity index (χ4v) is 7.17. The molecule has 1 aliphatic rings. The maximum absolute atomic E-state index is 7.91. The van der Waals surface area contributed by atoms with E-state index in [1.165, 1.54) is 50.4 Å². The molecular weight excluding hydrogens is 595 g/mol. The lowest BCUT2D eigenvalue weighted by Crippen LogP contribution is -2.31. The van der Waals surface area contributed by atoms with Crippen molar-refractivity contribution in [2.75, 3.05) is 0 Å². The lowest BCUT2D eigenvalue weighted by molar-refractivity contribution is 0.509. The molecule has 0 amide bonds. The van der Waals surface area contributed by atoms with Gasteiger partial charge in [-0.05, 0) is 90.2 Å². The van der Waals surface area contributed by atoms with Gasteiger partial charge in [-0.1, -0.05) is 160 Å². The van der Waals surface area contributed by atoms with Crippen LogP contribution in [0.5, 0.6) is 0 Å². The first-order valence-corrected chi connectivity index (χ1v) is 16.8. The van der Waals surface area contributed by atoms with E-state index in [0.29, 0.717) is 0 Å². The molecule has 0 radical (unpaired) electrons. The van der Waals surface area contributed by atoms with Gasteiger partial charge in [0.05, 0.1) is 12.2 Å². The summed E-state index contributed by atoms with van der Waals surface area (Å²) in [6.07, 6.45) is 8.89. The normalized spacial score (nSPS) is 14.7. The van der Waals surface area contributed by atoms with Crippen molar-refractivity contribution in [2.45, 2.75) is 31.5 Å². The zero-order valence-electron chi connectivity index (χ0n) is 28.0. The molecule has 0 spiro atoms. The fourth-order valence-electron chi connectivity index (χ4n) is 7.17. The van der Waals surface area contributed by atoms with Crippen LogP contribution in [0.2, 0.25) is 0 Å². The lowest BCUT2D eigenvalue weighted by Gasteiger charge is -2.22. The van der Waals surface area contributed by atoms with E-state index in [2.05, 4.69) is 129 Å². The summed E-state index contributed by atoms with van der Waals surface area (Å²) in [7, 11) is 0. The molecule has 6 aromatic rings. The van der Waals surface area contributed by atoms with E-state index in [4.69, 9.17) is 11.1 Å².